The lowest BCUT2D eigenvalue weighted by atomic mass is 10.4. The van der Waals surface area contributed by atoms with E-state index in [0.717, 1.165) is 18.6 Å². The molecule has 0 unspecified atom stereocenters. The number of halogens is 1. The summed E-state index contributed by atoms with van der Waals surface area (Å²) < 4.78 is 0. The van der Waals surface area contributed by atoms with Gasteiger partial charge in [0.25, 0.3) is 0 Å². The summed E-state index contributed by atoms with van der Waals surface area (Å²) in [5.41, 5.74) is 0. The van der Waals surface area contributed by atoms with Crippen LogP contribution in [-0.2, 0) is 0 Å². The van der Waals surface area contributed by atoms with Crippen molar-refractivity contribution in [2.75, 3.05) is 5.75 Å². The highest BCUT2D eigenvalue weighted by atomic mass is 79.9. The molecule has 0 aliphatic rings. The molecule has 2 heteroatoms. The zero-order valence-electron chi connectivity index (χ0n) is 3.91. The fourth-order valence-corrected chi connectivity index (χ4v) is 0.550. The minimum atomic E-state index is 0.821. The molecule has 7 heavy (non-hydrogen) atoms. The van der Waals surface area contributed by atoms with Gasteiger partial charge in [-0.15, -0.1) is 0 Å². The van der Waals surface area contributed by atoms with Gasteiger partial charge in [0.1, 0.15) is 0 Å². The highest BCUT2D eigenvalue weighted by Gasteiger charge is 1.74. The second-order valence-electron chi connectivity index (χ2n) is 1.08. The first-order valence-corrected chi connectivity index (χ1v) is 3.45. The van der Waals surface area contributed by atoms with E-state index in [1.165, 1.54) is 0 Å². The van der Waals surface area contributed by atoms with Gasteiger partial charge in [0.2, 0.25) is 0 Å². The summed E-state index contributed by atoms with van der Waals surface area (Å²) in [5, 5.41) is 0. The van der Waals surface area contributed by atoms with Crippen molar-refractivity contribution in [2.45, 2.75) is 12.8 Å². The number of rotatable bonds is 2. The molecule has 0 aromatic rings. The van der Waals surface area contributed by atoms with Crippen molar-refractivity contribution in [3.8, 4) is 10.8 Å². The highest BCUT2D eigenvalue weighted by Crippen LogP contribution is 1.88. The van der Waals surface area contributed by atoms with Crippen molar-refractivity contribution in [1.82, 2.24) is 0 Å². The Morgan fingerprint density at radius 1 is 1.57 bits per heavy atom. The predicted molar refractivity (Wildman–Crippen MR) is 38.4 cm³/mol. The van der Waals surface area contributed by atoms with Crippen LogP contribution in [0.15, 0.2) is 0 Å². The Bertz CT molecular complexity index is 79.8. The van der Waals surface area contributed by atoms with Crippen molar-refractivity contribution < 1.29 is 0 Å². The van der Waals surface area contributed by atoms with Gasteiger partial charge in [-0.05, 0) is 11.3 Å². The van der Waals surface area contributed by atoms with Gasteiger partial charge in [-0.25, -0.2) is 0 Å². The largest absolute Gasteiger partial charge is 0.0941 e. The first kappa shape index (κ1) is 7.39. The van der Waals surface area contributed by atoms with Gasteiger partial charge in [-0.3, -0.25) is 0 Å². The first-order valence-electron chi connectivity index (χ1n) is 2.08. The summed E-state index contributed by atoms with van der Waals surface area (Å²) >= 11 is 7.67. The van der Waals surface area contributed by atoms with Crippen molar-refractivity contribution in [2.24, 2.45) is 0 Å². The summed E-state index contributed by atoms with van der Waals surface area (Å²) in [6, 6.07) is 0. The maximum absolute atomic E-state index is 4.68. The van der Waals surface area contributed by atoms with Gasteiger partial charge in [0, 0.05) is 28.1 Å². The molecule has 0 saturated heterocycles. The molecule has 0 aromatic carbocycles. The van der Waals surface area contributed by atoms with E-state index >= 15 is 0 Å². The zero-order valence-corrected chi connectivity index (χ0v) is 6.31. The molecular weight excluding hydrogens is 172 g/mol. The molecule has 0 nitrogen and oxygen atoms in total. The van der Waals surface area contributed by atoms with Crippen LogP contribution < -0.4 is 0 Å². The Labute approximate surface area is 58.2 Å². The lowest BCUT2D eigenvalue weighted by molar-refractivity contribution is 1.00. The summed E-state index contributed by atoms with van der Waals surface area (Å²) in [4.78, 5) is 2.62. The van der Waals surface area contributed by atoms with E-state index in [9.17, 15) is 0 Å². The lowest BCUT2D eigenvalue weighted by Crippen LogP contribution is -1.69. The predicted octanol–water partition coefficient (Wildman–Crippen LogP) is 2.32. The van der Waals surface area contributed by atoms with Gasteiger partial charge in [0.15, 0.2) is 0 Å². The van der Waals surface area contributed by atoms with Crippen LogP contribution in [-0.4, -0.2) is 5.75 Å². The quantitative estimate of drug-likeness (QED) is 0.449. The third-order valence-electron chi connectivity index (χ3n) is 0.513. The van der Waals surface area contributed by atoms with E-state index in [1.807, 2.05) is 0 Å². The molecule has 0 heterocycles. The Hall–Kier alpha value is 0.390. The molecule has 0 N–H and O–H groups in total. The molecule has 0 aliphatic carbocycles. The fourth-order valence-electron chi connectivity index (χ4n) is 0.208. The Morgan fingerprint density at radius 3 is 2.71 bits per heavy atom. The third kappa shape index (κ3) is 6.39. The minimum Gasteiger partial charge on any atom is -0.0941 e. The van der Waals surface area contributed by atoms with Gasteiger partial charge in [-0.1, -0.05) is 18.5 Å². The summed E-state index contributed by atoms with van der Waals surface area (Å²) in [7, 11) is 0. The van der Waals surface area contributed by atoms with Crippen LogP contribution in [0.3, 0.4) is 0 Å². The van der Waals surface area contributed by atoms with Crippen LogP contribution >= 0.6 is 28.6 Å². The molecule has 1 radical (unpaired) electrons. The molecular formula is C5H6BrS. The Kier molecular flexibility index (Phi) is 6.75. The Balaban J connectivity index is 2.78. The topological polar surface area (TPSA) is 0 Å². The number of unbranched alkanes of at least 4 members (excludes halogenated alkanes) is 1. The maximum atomic E-state index is 4.68. The van der Waals surface area contributed by atoms with Gasteiger partial charge in [0.05, 0.1) is 0 Å². The highest BCUT2D eigenvalue weighted by molar-refractivity contribution is 9.12. The summed E-state index contributed by atoms with van der Waals surface area (Å²) in [6.45, 7) is 0. The van der Waals surface area contributed by atoms with Crippen molar-refractivity contribution in [3.05, 3.63) is 0 Å². The van der Waals surface area contributed by atoms with E-state index in [0.29, 0.717) is 0 Å². The maximum Gasteiger partial charge on any atom is 0.0106 e. The van der Waals surface area contributed by atoms with Crippen molar-refractivity contribution in [3.63, 3.8) is 0 Å². The van der Waals surface area contributed by atoms with E-state index < -0.39 is 0 Å². The summed E-state index contributed by atoms with van der Waals surface area (Å²) in [6.07, 6.45) is 1.96. The average molecular weight is 178 g/mol. The normalized spacial score (nSPS) is 7.14. The molecule has 0 spiro atoms. The van der Waals surface area contributed by atoms with Crippen LogP contribution in [0.2, 0.25) is 0 Å². The molecule has 0 rings (SSSR count). The SMILES string of the molecule is [S]CCCC#CBr. The van der Waals surface area contributed by atoms with Crippen LogP contribution in [0.4, 0.5) is 0 Å². The smallest absolute Gasteiger partial charge is 0.0106 e. The number of hydrogen-bond donors (Lipinski definition) is 0. The van der Waals surface area contributed by atoms with E-state index in [-0.39, 0.29) is 0 Å². The molecule has 0 atom stereocenters. The fraction of sp³-hybridized carbons (Fsp3) is 0.600. The molecule has 0 bridgehead atoms. The minimum absolute atomic E-state index is 0.821. The van der Waals surface area contributed by atoms with E-state index in [4.69, 9.17) is 0 Å². The van der Waals surface area contributed by atoms with Crippen LogP contribution in [0.5, 0.6) is 0 Å². The second-order valence-corrected chi connectivity index (χ2v) is 1.88. The monoisotopic (exact) mass is 177 g/mol. The molecule has 0 amide bonds. The van der Waals surface area contributed by atoms with Crippen LogP contribution in [0.25, 0.3) is 0 Å². The van der Waals surface area contributed by atoms with Crippen LogP contribution in [0, 0.1) is 10.8 Å². The second kappa shape index (κ2) is 6.39. The molecule has 0 saturated carbocycles. The van der Waals surface area contributed by atoms with E-state index in [1.54, 1.807) is 0 Å². The molecule has 0 aliphatic heterocycles. The standard InChI is InChI=1S/C5H6BrS/c6-4-2-1-3-5-7/h1,3,5H2. The summed E-state index contributed by atoms with van der Waals surface area (Å²) in [5.74, 6) is 3.67. The van der Waals surface area contributed by atoms with Crippen molar-refractivity contribution >= 4 is 28.6 Å². The molecule has 39 valence electrons. The zero-order chi connectivity index (χ0) is 5.54. The lowest BCUT2D eigenvalue weighted by Gasteiger charge is -1.78. The Morgan fingerprint density at radius 2 is 2.29 bits per heavy atom. The van der Waals surface area contributed by atoms with Crippen molar-refractivity contribution in [1.29, 1.82) is 0 Å². The number of hydrogen-bond acceptors (Lipinski definition) is 0. The molecule has 0 fully saturated rings. The molecule has 0 aromatic heterocycles. The first-order chi connectivity index (χ1) is 3.41. The van der Waals surface area contributed by atoms with Gasteiger partial charge < -0.3 is 0 Å². The average Bonchev–Trinajstić information content (AvgIpc) is 1.69. The van der Waals surface area contributed by atoms with E-state index in [2.05, 4.69) is 39.3 Å². The van der Waals surface area contributed by atoms with Gasteiger partial charge >= 0.3 is 0 Å². The van der Waals surface area contributed by atoms with Crippen LogP contribution in [0.1, 0.15) is 12.8 Å². The third-order valence-corrected chi connectivity index (χ3v) is 1.08. The van der Waals surface area contributed by atoms with Gasteiger partial charge in [-0.2, -0.15) is 0 Å².